The quantitative estimate of drug-likeness (QED) is 0.310. The van der Waals surface area contributed by atoms with Gasteiger partial charge in [-0.25, -0.2) is 4.79 Å². The van der Waals surface area contributed by atoms with Crippen LogP contribution in [0, 0.1) is 0 Å². The Hall–Kier alpha value is -4.77. The predicted molar refractivity (Wildman–Crippen MR) is 144 cm³/mol. The first-order valence-electron chi connectivity index (χ1n) is 12.3. The van der Waals surface area contributed by atoms with Crippen molar-refractivity contribution in [2.24, 2.45) is 0 Å². The van der Waals surface area contributed by atoms with E-state index in [0.717, 1.165) is 16.6 Å². The lowest BCUT2D eigenvalue weighted by Crippen LogP contribution is -2.31. The molecule has 2 aromatic carbocycles. The van der Waals surface area contributed by atoms with Crippen molar-refractivity contribution in [3.63, 3.8) is 0 Å². The molecule has 0 aliphatic carbocycles. The normalized spacial score (nSPS) is 14.4. The number of aryl methyl sites for hydroxylation is 1. The van der Waals surface area contributed by atoms with E-state index in [1.807, 2.05) is 6.07 Å². The van der Waals surface area contributed by atoms with E-state index in [1.54, 1.807) is 49.4 Å². The molecule has 1 atom stereocenters. The average Bonchev–Trinajstić information content (AvgIpc) is 3.68. The van der Waals surface area contributed by atoms with Crippen LogP contribution in [0.15, 0.2) is 65.7 Å². The number of aromatic amines is 1. The monoisotopic (exact) mass is 543 g/mol. The Labute approximate surface area is 226 Å². The van der Waals surface area contributed by atoms with Gasteiger partial charge in [0.2, 0.25) is 5.91 Å². The van der Waals surface area contributed by atoms with Crippen LogP contribution in [0.2, 0.25) is 5.02 Å². The number of H-pyrrole nitrogens is 1. The van der Waals surface area contributed by atoms with Crippen LogP contribution in [0.25, 0.3) is 27.7 Å². The Balaban J connectivity index is 1.27. The van der Waals surface area contributed by atoms with Crippen molar-refractivity contribution < 1.29 is 14.3 Å². The number of pyridine rings is 1. The van der Waals surface area contributed by atoms with Crippen molar-refractivity contribution in [3.8, 4) is 16.8 Å². The molecule has 6 rings (SSSR count). The molecule has 3 aromatic heterocycles. The maximum Gasteiger partial charge on any atom is 0.354 e. The molecule has 11 nitrogen and oxygen atoms in total. The minimum atomic E-state index is -0.656. The Morgan fingerprint density at radius 2 is 2.03 bits per heavy atom. The number of halogens is 1. The fourth-order valence-electron chi connectivity index (χ4n) is 4.96. The van der Waals surface area contributed by atoms with Crippen LogP contribution in [0.3, 0.4) is 0 Å². The highest BCUT2D eigenvalue weighted by Crippen LogP contribution is 2.33. The van der Waals surface area contributed by atoms with Crippen LogP contribution in [-0.4, -0.2) is 48.2 Å². The number of rotatable bonds is 6. The summed E-state index contributed by atoms with van der Waals surface area (Å²) in [6.45, 7) is 2.02. The van der Waals surface area contributed by atoms with Gasteiger partial charge in [-0.2, -0.15) is 4.68 Å². The SMILES string of the molecule is CCOC(=O)c1cc2cc(NC(=O)[C@@H]3CCc4cc(-c5cc(Cl)ccc5-n5cnnn5)cc(=O)n43)ccc2[nH]1. The van der Waals surface area contributed by atoms with Gasteiger partial charge < -0.3 is 19.6 Å². The summed E-state index contributed by atoms with van der Waals surface area (Å²) < 4.78 is 8.08. The standard InChI is InChI=1S/C27H22ClN7O4/c1-2-39-27(38)22-11-16-9-18(4-6-21(16)31-22)30-26(37)24-8-5-19-10-15(12-25(36)35(19)24)20-13-17(28)3-7-23(20)34-14-29-32-33-34/h3-4,6-7,9-14,24,31H,2,5,8H2,1H3,(H,30,37)/t24-/m0/s1. The zero-order valence-corrected chi connectivity index (χ0v) is 21.5. The number of anilines is 1. The molecule has 0 spiro atoms. The zero-order chi connectivity index (χ0) is 27.1. The molecule has 4 heterocycles. The molecule has 1 aliphatic heterocycles. The lowest BCUT2D eigenvalue weighted by atomic mass is 10.0. The van der Waals surface area contributed by atoms with Gasteiger partial charge in [-0.3, -0.25) is 9.59 Å². The Kier molecular flexibility index (Phi) is 6.20. The molecule has 196 valence electrons. The molecule has 0 radical (unpaired) electrons. The van der Waals surface area contributed by atoms with Gasteiger partial charge in [0.05, 0.1) is 12.3 Å². The van der Waals surface area contributed by atoms with Crippen molar-refractivity contribution in [3.05, 3.63) is 87.7 Å². The van der Waals surface area contributed by atoms with Crippen LogP contribution < -0.4 is 10.9 Å². The Morgan fingerprint density at radius 1 is 1.15 bits per heavy atom. The Morgan fingerprint density at radius 3 is 2.82 bits per heavy atom. The van der Waals surface area contributed by atoms with Crippen molar-refractivity contribution in [2.45, 2.75) is 25.8 Å². The highest BCUT2D eigenvalue weighted by atomic mass is 35.5. The number of ether oxygens (including phenoxy) is 1. The van der Waals surface area contributed by atoms with Gasteiger partial charge in [0, 0.05) is 38.9 Å². The molecule has 0 saturated carbocycles. The second-order valence-electron chi connectivity index (χ2n) is 9.11. The van der Waals surface area contributed by atoms with Crippen LogP contribution in [0.5, 0.6) is 0 Å². The molecular formula is C27H22ClN7O4. The largest absolute Gasteiger partial charge is 0.461 e. The van der Waals surface area contributed by atoms with E-state index in [0.29, 0.717) is 46.1 Å². The van der Waals surface area contributed by atoms with Gasteiger partial charge >= 0.3 is 5.97 Å². The summed E-state index contributed by atoms with van der Waals surface area (Å²) in [5.74, 6) is -0.732. The molecule has 12 heteroatoms. The molecule has 1 amide bonds. The van der Waals surface area contributed by atoms with E-state index in [1.165, 1.54) is 21.6 Å². The number of esters is 1. The molecule has 1 aliphatic rings. The van der Waals surface area contributed by atoms with Crippen molar-refractivity contribution in [1.82, 2.24) is 29.8 Å². The van der Waals surface area contributed by atoms with Crippen molar-refractivity contribution in [2.75, 3.05) is 11.9 Å². The number of carbonyl (C=O) groups is 2. The van der Waals surface area contributed by atoms with E-state index in [-0.39, 0.29) is 18.1 Å². The predicted octanol–water partition coefficient (Wildman–Crippen LogP) is 3.93. The number of benzene rings is 2. The number of hydrogen-bond donors (Lipinski definition) is 2. The minimum Gasteiger partial charge on any atom is -0.461 e. The number of carbonyl (C=O) groups excluding carboxylic acids is 2. The van der Waals surface area contributed by atoms with E-state index in [9.17, 15) is 14.4 Å². The topological polar surface area (TPSA) is 137 Å². The Bertz CT molecular complexity index is 1790. The third-order valence-electron chi connectivity index (χ3n) is 6.69. The highest BCUT2D eigenvalue weighted by Gasteiger charge is 2.30. The summed E-state index contributed by atoms with van der Waals surface area (Å²) in [6.07, 6.45) is 2.51. The van der Waals surface area contributed by atoms with E-state index in [2.05, 4.69) is 25.8 Å². The first-order chi connectivity index (χ1) is 18.9. The fourth-order valence-corrected chi connectivity index (χ4v) is 5.14. The van der Waals surface area contributed by atoms with Crippen LogP contribution >= 0.6 is 11.6 Å². The summed E-state index contributed by atoms with van der Waals surface area (Å²) >= 11 is 6.27. The fraction of sp³-hybridized carbons (Fsp3) is 0.185. The molecular weight excluding hydrogens is 522 g/mol. The highest BCUT2D eigenvalue weighted by molar-refractivity contribution is 6.31. The van der Waals surface area contributed by atoms with Gasteiger partial charge in [-0.1, -0.05) is 11.6 Å². The summed E-state index contributed by atoms with van der Waals surface area (Å²) in [6, 6.07) is 15.0. The lowest BCUT2D eigenvalue weighted by molar-refractivity contribution is -0.119. The maximum absolute atomic E-state index is 13.3. The van der Waals surface area contributed by atoms with Gasteiger partial charge in [0.1, 0.15) is 18.1 Å². The van der Waals surface area contributed by atoms with Gasteiger partial charge in [0.25, 0.3) is 5.56 Å². The molecule has 0 bridgehead atoms. The van der Waals surface area contributed by atoms with Crippen LogP contribution in [-0.2, 0) is 16.0 Å². The molecule has 2 N–H and O–H groups in total. The first kappa shape index (κ1) is 24.6. The van der Waals surface area contributed by atoms with E-state index in [4.69, 9.17) is 16.3 Å². The lowest BCUT2D eigenvalue weighted by Gasteiger charge is -2.16. The van der Waals surface area contributed by atoms with E-state index < -0.39 is 12.0 Å². The third-order valence-corrected chi connectivity index (χ3v) is 6.92. The number of nitrogens with one attached hydrogen (secondary N) is 2. The second kappa shape index (κ2) is 9.84. The minimum absolute atomic E-state index is 0.277. The van der Waals surface area contributed by atoms with Gasteiger partial charge in [0.15, 0.2) is 0 Å². The van der Waals surface area contributed by atoms with Crippen molar-refractivity contribution >= 4 is 40.1 Å². The number of aromatic nitrogens is 6. The van der Waals surface area contributed by atoms with Gasteiger partial charge in [-0.05, 0) is 84.3 Å². The van der Waals surface area contributed by atoms with Crippen LogP contribution in [0.4, 0.5) is 5.69 Å². The van der Waals surface area contributed by atoms with Gasteiger partial charge in [-0.15, -0.1) is 5.10 Å². The molecule has 39 heavy (non-hydrogen) atoms. The number of tetrazole rings is 1. The van der Waals surface area contributed by atoms with Crippen molar-refractivity contribution in [1.29, 1.82) is 0 Å². The smallest absolute Gasteiger partial charge is 0.354 e. The van der Waals surface area contributed by atoms with Crippen LogP contribution in [0.1, 0.15) is 35.6 Å². The van der Waals surface area contributed by atoms with E-state index >= 15 is 0 Å². The first-order valence-corrected chi connectivity index (χ1v) is 12.7. The average molecular weight is 544 g/mol. The number of fused-ring (bicyclic) bond motifs is 2. The summed E-state index contributed by atoms with van der Waals surface area (Å²) in [4.78, 5) is 41.6. The number of amides is 1. The number of nitrogens with zero attached hydrogens (tertiary/aromatic N) is 5. The molecule has 0 fully saturated rings. The zero-order valence-electron chi connectivity index (χ0n) is 20.7. The molecule has 5 aromatic rings. The summed E-state index contributed by atoms with van der Waals surface area (Å²) in [7, 11) is 0. The molecule has 0 unspecified atom stereocenters. The maximum atomic E-state index is 13.3. The summed E-state index contributed by atoms with van der Waals surface area (Å²) in [5.41, 5.74) is 4.14. The molecule has 0 saturated heterocycles. The summed E-state index contributed by atoms with van der Waals surface area (Å²) in [5, 5.41) is 15.5. The second-order valence-corrected chi connectivity index (χ2v) is 9.55. The third kappa shape index (κ3) is 4.57. The number of hydrogen-bond acceptors (Lipinski definition) is 7.